The topological polar surface area (TPSA) is 79.0 Å². The molecule has 0 saturated heterocycles. The Morgan fingerprint density at radius 3 is 2.47 bits per heavy atom. The number of amides is 1. The Morgan fingerprint density at radius 2 is 2.00 bits per heavy atom. The zero-order valence-electron chi connectivity index (χ0n) is 8.85. The summed E-state index contributed by atoms with van der Waals surface area (Å²) in [6, 6.07) is 2.81. The summed E-state index contributed by atoms with van der Waals surface area (Å²) in [4.78, 5) is 11.5. The Kier molecular flexibility index (Phi) is 3.40. The molecule has 92 valence electrons. The first-order valence-electron chi connectivity index (χ1n) is 4.55. The number of hydrogen-bond donors (Lipinski definition) is 3. The highest BCUT2D eigenvalue weighted by Gasteiger charge is 2.31. The Bertz CT molecular complexity index is 468. The summed E-state index contributed by atoms with van der Waals surface area (Å²) in [5.41, 5.74) is 4.23. The standard InChI is InChI=1S/C10H10F3N3O/c1-5-2-3-6(10(11,12)13)4-7(5)8(17)16-9(14)15/h2-4H,1H3,(H4,14,15,16,17). The quantitative estimate of drug-likeness (QED) is 0.519. The molecule has 7 heteroatoms. The molecular weight excluding hydrogens is 235 g/mol. The Morgan fingerprint density at radius 1 is 1.41 bits per heavy atom. The number of benzene rings is 1. The van der Waals surface area contributed by atoms with Crippen LogP contribution in [0.1, 0.15) is 21.5 Å². The number of rotatable bonds is 1. The molecule has 0 spiro atoms. The lowest BCUT2D eigenvalue weighted by atomic mass is 10.0. The van der Waals surface area contributed by atoms with Crippen LogP contribution in [0.5, 0.6) is 0 Å². The molecule has 1 amide bonds. The van der Waals surface area contributed by atoms with Gasteiger partial charge in [0.15, 0.2) is 5.96 Å². The number of aryl methyl sites for hydroxylation is 1. The van der Waals surface area contributed by atoms with Crippen LogP contribution in [-0.2, 0) is 6.18 Å². The molecule has 0 unspecified atom stereocenters. The minimum absolute atomic E-state index is 0.157. The minimum Gasteiger partial charge on any atom is -0.370 e. The third-order valence-electron chi connectivity index (χ3n) is 2.06. The lowest BCUT2D eigenvalue weighted by Crippen LogP contribution is -2.36. The zero-order valence-corrected chi connectivity index (χ0v) is 8.85. The van der Waals surface area contributed by atoms with E-state index < -0.39 is 23.6 Å². The van der Waals surface area contributed by atoms with E-state index in [1.807, 2.05) is 5.32 Å². The van der Waals surface area contributed by atoms with Gasteiger partial charge in [-0.25, -0.2) is 0 Å². The number of nitrogens with two attached hydrogens (primary N) is 1. The van der Waals surface area contributed by atoms with Crippen LogP contribution in [0.15, 0.2) is 18.2 Å². The Hall–Kier alpha value is -2.05. The third kappa shape index (κ3) is 3.20. The van der Waals surface area contributed by atoms with Crippen LogP contribution in [0.4, 0.5) is 13.2 Å². The molecule has 0 bridgehead atoms. The van der Waals surface area contributed by atoms with Crippen LogP contribution in [0.2, 0.25) is 0 Å². The van der Waals surface area contributed by atoms with E-state index in [9.17, 15) is 18.0 Å². The van der Waals surface area contributed by atoms with Crippen molar-refractivity contribution in [1.82, 2.24) is 5.32 Å². The van der Waals surface area contributed by atoms with Gasteiger partial charge in [0.05, 0.1) is 5.56 Å². The van der Waals surface area contributed by atoms with Gasteiger partial charge in [0.2, 0.25) is 0 Å². The van der Waals surface area contributed by atoms with Crippen molar-refractivity contribution in [2.75, 3.05) is 0 Å². The maximum atomic E-state index is 12.4. The fourth-order valence-electron chi connectivity index (χ4n) is 1.23. The van der Waals surface area contributed by atoms with Crippen molar-refractivity contribution in [3.05, 3.63) is 34.9 Å². The number of alkyl halides is 3. The molecule has 0 aliphatic rings. The maximum absolute atomic E-state index is 12.4. The van der Waals surface area contributed by atoms with Crippen molar-refractivity contribution in [1.29, 1.82) is 5.41 Å². The first-order chi connectivity index (χ1) is 7.71. The van der Waals surface area contributed by atoms with Gasteiger partial charge in [-0.3, -0.25) is 15.5 Å². The molecule has 0 saturated carbocycles. The fraction of sp³-hybridized carbons (Fsp3) is 0.200. The van der Waals surface area contributed by atoms with E-state index in [0.717, 1.165) is 12.1 Å². The second-order valence-corrected chi connectivity index (χ2v) is 3.40. The van der Waals surface area contributed by atoms with Gasteiger partial charge in [0.1, 0.15) is 0 Å². The van der Waals surface area contributed by atoms with Crippen LogP contribution in [0.25, 0.3) is 0 Å². The second kappa shape index (κ2) is 4.44. The van der Waals surface area contributed by atoms with Crippen molar-refractivity contribution >= 4 is 11.9 Å². The van der Waals surface area contributed by atoms with E-state index in [1.54, 1.807) is 0 Å². The zero-order chi connectivity index (χ0) is 13.2. The highest BCUT2D eigenvalue weighted by atomic mass is 19.4. The van der Waals surface area contributed by atoms with Crippen molar-refractivity contribution < 1.29 is 18.0 Å². The van der Waals surface area contributed by atoms with E-state index in [0.29, 0.717) is 5.56 Å². The van der Waals surface area contributed by atoms with Crippen LogP contribution >= 0.6 is 0 Å². The molecule has 0 aliphatic heterocycles. The normalized spacial score (nSPS) is 11.1. The smallest absolute Gasteiger partial charge is 0.370 e. The monoisotopic (exact) mass is 245 g/mol. The summed E-state index contributed by atoms with van der Waals surface area (Å²) in [5.74, 6) is -1.45. The lowest BCUT2D eigenvalue weighted by Gasteiger charge is -2.11. The van der Waals surface area contributed by atoms with E-state index >= 15 is 0 Å². The van der Waals surface area contributed by atoms with E-state index in [1.165, 1.54) is 13.0 Å². The molecule has 1 rings (SSSR count). The van der Waals surface area contributed by atoms with Crippen LogP contribution in [0.3, 0.4) is 0 Å². The number of hydrogen-bond acceptors (Lipinski definition) is 2. The number of carbonyl (C=O) groups excluding carboxylic acids is 1. The average molecular weight is 245 g/mol. The summed E-state index contributed by atoms with van der Waals surface area (Å²) in [5, 5.41) is 8.78. The Balaban J connectivity index is 3.15. The van der Waals surface area contributed by atoms with Crippen LogP contribution in [0, 0.1) is 12.3 Å². The molecule has 1 aromatic rings. The van der Waals surface area contributed by atoms with E-state index in [-0.39, 0.29) is 5.56 Å². The van der Waals surface area contributed by atoms with Crippen molar-refractivity contribution in [2.24, 2.45) is 5.73 Å². The predicted octanol–water partition coefficient (Wildman–Crippen LogP) is 1.64. The van der Waals surface area contributed by atoms with Gasteiger partial charge in [-0.2, -0.15) is 13.2 Å². The van der Waals surface area contributed by atoms with E-state index in [4.69, 9.17) is 11.1 Å². The van der Waals surface area contributed by atoms with Gasteiger partial charge >= 0.3 is 6.18 Å². The van der Waals surface area contributed by atoms with Crippen molar-refractivity contribution in [3.63, 3.8) is 0 Å². The summed E-state index contributed by atoms with van der Waals surface area (Å²) in [6.07, 6.45) is -4.51. The van der Waals surface area contributed by atoms with Crippen molar-refractivity contribution in [2.45, 2.75) is 13.1 Å². The van der Waals surface area contributed by atoms with Gasteiger partial charge in [-0.15, -0.1) is 0 Å². The minimum atomic E-state index is -4.51. The summed E-state index contributed by atoms with van der Waals surface area (Å²) in [7, 11) is 0. The molecule has 0 atom stereocenters. The van der Waals surface area contributed by atoms with Gasteiger partial charge in [-0.05, 0) is 24.6 Å². The molecule has 1 aromatic carbocycles. The molecular formula is C10H10F3N3O. The van der Waals surface area contributed by atoms with E-state index in [2.05, 4.69) is 0 Å². The molecule has 4 N–H and O–H groups in total. The molecule has 0 aromatic heterocycles. The van der Waals surface area contributed by atoms with Gasteiger partial charge in [-0.1, -0.05) is 6.07 Å². The number of guanidine groups is 1. The average Bonchev–Trinajstić information content (AvgIpc) is 2.15. The highest BCUT2D eigenvalue weighted by Crippen LogP contribution is 2.30. The summed E-state index contributed by atoms with van der Waals surface area (Å²) < 4.78 is 37.3. The molecule has 0 heterocycles. The molecule has 17 heavy (non-hydrogen) atoms. The number of halogens is 3. The molecule has 0 radical (unpaired) electrons. The SMILES string of the molecule is Cc1ccc(C(F)(F)F)cc1C(=O)NC(=N)N. The summed E-state index contributed by atoms with van der Waals surface area (Å²) >= 11 is 0. The molecule has 0 aliphatic carbocycles. The summed E-state index contributed by atoms with van der Waals surface area (Å²) in [6.45, 7) is 1.50. The first kappa shape index (κ1) is 13.0. The molecule has 0 fully saturated rings. The van der Waals surface area contributed by atoms with Gasteiger partial charge in [0, 0.05) is 5.56 Å². The first-order valence-corrected chi connectivity index (χ1v) is 4.55. The third-order valence-corrected chi connectivity index (χ3v) is 2.06. The van der Waals surface area contributed by atoms with Gasteiger partial charge < -0.3 is 5.73 Å². The Labute approximate surface area is 95.1 Å². The second-order valence-electron chi connectivity index (χ2n) is 3.40. The largest absolute Gasteiger partial charge is 0.416 e. The number of carbonyl (C=O) groups is 1. The lowest BCUT2D eigenvalue weighted by molar-refractivity contribution is -0.137. The predicted molar refractivity (Wildman–Crippen MR) is 55.6 cm³/mol. The van der Waals surface area contributed by atoms with Crippen LogP contribution < -0.4 is 11.1 Å². The highest BCUT2D eigenvalue weighted by molar-refractivity contribution is 6.05. The van der Waals surface area contributed by atoms with Crippen LogP contribution in [-0.4, -0.2) is 11.9 Å². The maximum Gasteiger partial charge on any atom is 0.416 e. The van der Waals surface area contributed by atoms with Gasteiger partial charge in [0.25, 0.3) is 5.91 Å². The van der Waals surface area contributed by atoms with Crippen molar-refractivity contribution in [3.8, 4) is 0 Å². The number of nitrogens with one attached hydrogen (secondary N) is 2. The molecule has 4 nitrogen and oxygen atoms in total. The fourth-order valence-corrected chi connectivity index (χ4v) is 1.23.